The van der Waals surface area contributed by atoms with Crippen LogP contribution in [-0.2, 0) is 23.1 Å². The first-order valence-corrected chi connectivity index (χ1v) is 12.1. The van der Waals surface area contributed by atoms with Gasteiger partial charge in [-0.1, -0.05) is 0 Å². The molecule has 0 fully saturated rings. The van der Waals surface area contributed by atoms with Crippen molar-refractivity contribution in [3.63, 3.8) is 0 Å². The van der Waals surface area contributed by atoms with Gasteiger partial charge in [0, 0.05) is 36.1 Å². The average molecular weight is 553 g/mol. The molecular weight excluding hydrogens is 523 g/mol. The molecule has 0 saturated carbocycles. The maximum Gasteiger partial charge on any atom is 0.307 e. The molecule has 0 atom stereocenters. The summed E-state index contributed by atoms with van der Waals surface area (Å²) in [5.74, 6) is -0.397. The number of imidazole rings is 1. The third-order valence-electron chi connectivity index (χ3n) is 6.10. The van der Waals surface area contributed by atoms with E-state index in [1.807, 2.05) is 29.8 Å². The van der Waals surface area contributed by atoms with Crippen molar-refractivity contribution in [2.24, 2.45) is 12.8 Å². The number of nitrogen functional groups attached to an aromatic ring is 1. The Morgan fingerprint density at radius 3 is 2.38 bits per heavy atom. The highest BCUT2D eigenvalue weighted by molar-refractivity contribution is 6.07. The number of rotatable bonds is 10. The van der Waals surface area contributed by atoms with E-state index in [-0.39, 0.29) is 43.7 Å². The van der Waals surface area contributed by atoms with Crippen LogP contribution in [0.25, 0.3) is 11.0 Å². The van der Waals surface area contributed by atoms with Gasteiger partial charge in [0.2, 0.25) is 0 Å². The molecule has 1 heterocycles. The molecule has 0 aliphatic heterocycles. The summed E-state index contributed by atoms with van der Waals surface area (Å²) in [7, 11) is 1.90. The summed E-state index contributed by atoms with van der Waals surface area (Å²) in [6, 6.07) is 18.0. The second-order valence-electron chi connectivity index (χ2n) is 8.62. The minimum atomic E-state index is -0.419. The number of ether oxygens (including phenoxy) is 1. The Morgan fingerprint density at radius 1 is 1.08 bits per heavy atom. The van der Waals surface area contributed by atoms with Crippen molar-refractivity contribution in [3.05, 3.63) is 89.5 Å². The first-order chi connectivity index (χ1) is 18.3. The molecule has 3 aromatic carbocycles. The summed E-state index contributed by atoms with van der Waals surface area (Å²) in [5.41, 5.74) is 9.38. The number of carbonyl (C=O) groups excluding carboxylic acids is 2. The quantitative estimate of drug-likeness (QED) is 0.150. The molecule has 4 aromatic rings. The highest BCUT2D eigenvalue weighted by atomic mass is 35.5. The third-order valence-corrected chi connectivity index (χ3v) is 6.10. The number of hydrogen-bond donors (Lipinski definition) is 3. The Bertz CT molecular complexity index is 1470. The number of benzene rings is 3. The number of carbonyl (C=O) groups is 2. The number of halogens is 2. The average Bonchev–Trinajstić information content (AvgIpc) is 3.23. The van der Waals surface area contributed by atoms with Crippen LogP contribution in [0.3, 0.4) is 0 Å². The van der Waals surface area contributed by atoms with Crippen LogP contribution in [-0.4, -0.2) is 40.4 Å². The van der Waals surface area contributed by atoms with E-state index in [0.717, 1.165) is 17.0 Å². The summed E-state index contributed by atoms with van der Waals surface area (Å²) in [6.45, 7) is 2.49. The van der Waals surface area contributed by atoms with E-state index in [9.17, 15) is 14.0 Å². The lowest BCUT2D eigenvalue weighted by Crippen LogP contribution is -2.33. The molecule has 1 aromatic heterocycles. The van der Waals surface area contributed by atoms with Gasteiger partial charge in [0.1, 0.15) is 17.5 Å². The summed E-state index contributed by atoms with van der Waals surface area (Å²) in [4.78, 5) is 31.6. The van der Waals surface area contributed by atoms with Crippen molar-refractivity contribution in [2.45, 2.75) is 19.9 Å². The van der Waals surface area contributed by atoms with Crippen LogP contribution >= 0.6 is 12.4 Å². The van der Waals surface area contributed by atoms with Crippen molar-refractivity contribution in [1.29, 1.82) is 5.41 Å². The van der Waals surface area contributed by atoms with Crippen LogP contribution in [0.2, 0.25) is 0 Å². The van der Waals surface area contributed by atoms with Crippen LogP contribution in [0, 0.1) is 11.2 Å². The fraction of sp³-hybridized carbons (Fsp3) is 0.214. The van der Waals surface area contributed by atoms with E-state index in [2.05, 4.69) is 5.32 Å². The van der Waals surface area contributed by atoms with Crippen LogP contribution in [0.15, 0.2) is 66.7 Å². The number of fused-ring (bicyclic) bond motifs is 1. The number of esters is 1. The molecule has 1 amide bonds. The van der Waals surface area contributed by atoms with Crippen molar-refractivity contribution in [3.8, 4) is 0 Å². The Kier molecular flexibility index (Phi) is 9.62. The third kappa shape index (κ3) is 6.91. The molecule has 11 heteroatoms. The number of aromatic nitrogens is 2. The van der Waals surface area contributed by atoms with Gasteiger partial charge in [-0.2, -0.15) is 0 Å². The summed E-state index contributed by atoms with van der Waals surface area (Å²) in [6.07, 6.45) is 0.00595. The highest BCUT2D eigenvalue weighted by Gasteiger charge is 2.21. The minimum absolute atomic E-state index is 0. The molecular formula is C28H30ClFN6O3. The van der Waals surface area contributed by atoms with Gasteiger partial charge in [-0.3, -0.25) is 15.0 Å². The Hall–Kier alpha value is -4.44. The van der Waals surface area contributed by atoms with Crippen molar-refractivity contribution >= 4 is 52.5 Å². The summed E-state index contributed by atoms with van der Waals surface area (Å²) < 4.78 is 20.5. The number of nitrogens with zero attached hydrogens (tertiary/aromatic N) is 3. The Morgan fingerprint density at radius 2 is 1.74 bits per heavy atom. The smallest absolute Gasteiger partial charge is 0.307 e. The first-order valence-electron chi connectivity index (χ1n) is 12.1. The lowest BCUT2D eigenvalue weighted by molar-refractivity contribution is -0.142. The van der Waals surface area contributed by atoms with E-state index in [4.69, 9.17) is 20.9 Å². The van der Waals surface area contributed by atoms with Gasteiger partial charge in [-0.25, -0.2) is 9.37 Å². The number of nitrogens with one attached hydrogen (secondary N) is 2. The van der Waals surface area contributed by atoms with Crippen molar-refractivity contribution in [2.75, 3.05) is 23.4 Å². The van der Waals surface area contributed by atoms with Gasteiger partial charge < -0.3 is 25.3 Å². The van der Waals surface area contributed by atoms with Gasteiger partial charge in [0.05, 0.1) is 30.6 Å². The molecule has 0 aliphatic rings. The normalized spacial score (nSPS) is 10.5. The van der Waals surface area contributed by atoms with Crippen molar-refractivity contribution in [1.82, 2.24) is 9.55 Å². The predicted molar refractivity (Wildman–Crippen MR) is 152 cm³/mol. The number of nitrogens with two attached hydrogens (primary N) is 1. The second kappa shape index (κ2) is 12.9. The number of aryl methyl sites for hydroxylation is 1. The molecule has 9 nitrogen and oxygen atoms in total. The largest absolute Gasteiger partial charge is 0.466 e. The van der Waals surface area contributed by atoms with Crippen LogP contribution in [0.1, 0.15) is 35.1 Å². The lowest BCUT2D eigenvalue weighted by Gasteiger charge is -2.22. The van der Waals surface area contributed by atoms with E-state index < -0.39 is 11.8 Å². The van der Waals surface area contributed by atoms with E-state index in [1.54, 1.807) is 31.2 Å². The first kappa shape index (κ1) is 29.1. The molecule has 0 saturated heterocycles. The zero-order chi connectivity index (χ0) is 27.2. The van der Waals surface area contributed by atoms with E-state index in [0.29, 0.717) is 28.9 Å². The van der Waals surface area contributed by atoms with Crippen LogP contribution in [0.4, 0.5) is 15.8 Å². The zero-order valence-electron chi connectivity index (χ0n) is 21.6. The second-order valence-corrected chi connectivity index (χ2v) is 8.62. The molecule has 0 radical (unpaired) electrons. The van der Waals surface area contributed by atoms with Crippen LogP contribution < -0.4 is 16.0 Å². The van der Waals surface area contributed by atoms with Gasteiger partial charge in [-0.15, -0.1) is 12.4 Å². The van der Waals surface area contributed by atoms with Crippen molar-refractivity contribution < 1.29 is 18.7 Å². The fourth-order valence-electron chi connectivity index (χ4n) is 4.05. The zero-order valence-corrected chi connectivity index (χ0v) is 22.4. The van der Waals surface area contributed by atoms with Gasteiger partial charge in [0.15, 0.2) is 0 Å². The Balaban J connectivity index is 0.00000420. The van der Waals surface area contributed by atoms with Gasteiger partial charge in [-0.05, 0) is 73.7 Å². The molecule has 0 aliphatic carbocycles. The minimum Gasteiger partial charge on any atom is -0.466 e. The fourth-order valence-corrected chi connectivity index (χ4v) is 4.05. The Labute approximate surface area is 231 Å². The molecule has 204 valence electrons. The van der Waals surface area contributed by atoms with Gasteiger partial charge >= 0.3 is 5.97 Å². The summed E-state index contributed by atoms with van der Waals surface area (Å²) >= 11 is 0. The number of anilines is 2. The van der Waals surface area contributed by atoms with Gasteiger partial charge in [0.25, 0.3) is 5.91 Å². The molecule has 4 N–H and O–H groups in total. The van der Waals surface area contributed by atoms with E-state index in [1.165, 1.54) is 29.2 Å². The number of amides is 1. The predicted octanol–water partition coefficient (Wildman–Crippen LogP) is 4.63. The SMILES string of the molecule is CCOC(=O)CCN(C(=O)c1ccc2c(c1)nc(CNc1ccc(C(=N)N)cc1)n2C)c1ccc(F)cc1.Cl. The highest BCUT2D eigenvalue weighted by Crippen LogP contribution is 2.23. The monoisotopic (exact) mass is 552 g/mol. The molecule has 4 rings (SSSR count). The maximum atomic E-state index is 13.5. The lowest BCUT2D eigenvalue weighted by atomic mass is 10.1. The molecule has 0 spiro atoms. The standard InChI is InChI=1S/C28H29FN6O3.ClH/c1-3-38-26(36)14-15-35(22-11-7-20(29)8-12-22)28(37)19-6-13-24-23(16-19)33-25(34(24)2)17-32-21-9-4-18(5-10-21)27(30)31;/h4-13,16,32H,3,14-15,17H2,1-2H3,(H3,30,31);1H. The molecule has 0 unspecified atom stereocenters. The molecule has 0 bridgehead atoms. The maximum absolute atomic E-state index is 13.5. The van der Waals surface area contributed by atoms with Crippen LogP contribution in [0.5, 0.6) is 0 Å². The number of amidine groups is 1. The summed E-state index contributed by atoms with van der Waals surface area (Å²) in [5, 5.41) is 10.8. The van der Waals surface area contributed by atoms with E-state index >= 15 is 0 Å². The molecule has 39 heavy (non-hydrogen) atoms. The topological polar surface area (TPSA) is 126 Å². The number of hydrogen-bond acceptors (Lipinski definition) is 6.